The summed E-state index contributed by atoms with van der Waals surface area (Å²) < 4.78 is 32.8. The summed E-state index contributed by atoms with van der Waals surface area (Å²) in [6, 6.07) is 0. The highest BCUT2D eigenvalue weighted by Crippen LogP contribution is 2.51. The summed E-state index contributed by atoms with van der Waals surface area (Å²) in [5.74, 6) is -3.74. The van der Waals surface area contributed by atoms with Gasteiger partial charge in [0.25, 0.3) is 0 Å². The molecule has 0 aromatic heterocycles. The Kier molecular flexibility index (Phi) is 10.3. The number of aliphatic hydroxyl groups excluding tert-OH is 4. The zero-order valence-electron chi connectivity index (χ0n) is 22.3. The topological polar surface area (TPSA) is 208 Å². The molecule has 3 rings (SSSR count). The van der Waals surface area contributed by atoms with Gasteiger partial charge in [0.2, 0.25) is 6.29 Å². The van der Waals surface area contributed by atoms with Gasteiger partial charge in [-0.15, -0.1) is 0 Å². The van der Waals surface area contributed by atoms with Crippen LogP contribution in [0.1, 0.15) is 40.5 Å². The number of ether oxygens (including phenoxy) is 6. The van der Waals surface area contributed by atoms with Crippen molar-refractivity contribution in [3.63, 3.8) is 0 Å². The minimum Gasteiger partial charge on any atom is -0.463 e. The van der Waals surface area contributed by atoms with E-state index in [9.17, 15) is 39.9 Å². The van der Waals surface area contributed by atoms with Gasteiger partial charge in [-0.2, -0.15) is 0 Å². The Balaban J connectivity index is 1.88. The maximum Gasteiger partial charge on any atom is 0.309 e. The van der Waals surface area contributed by atoms with Crippen LogP contribution in [-0.2, 0) is 42.8 Å². The number of hydrogen-bond acceptors (Lipinski definition) is 14. The molecule has 0 aromatic rings. The molecule has 0 aromatic carbocycles. The Morgan fingerprint density at radius 2 is 1.74 bits per heavy atom. The molecule has 1 aliphatic carbocycles. The van der Waals surface area contributed by atoms with E-state index in [-0.39, 0.29) is 25.4 Å². The van der Waals surface area contributed by atoms with Crippen LogP contribution < -0.4 is 0 Å². The summed E-state index contributed by atoms with van der Waals surface area (Å²) in [4.78, 5) is 36.0. The summed E-state index contributed by atoms with van der Waals surface area (Å²) in [6.07, 6.45) is -8.62. The van der Waals surface area contributed by atoms with Crippen LogP contribution >= 0.6 is 0 Å². The van der Waals surface area contributed by atoms with E-state index in [1.807, 2.05) is 13.8 Å². The third-order valence-electron chi connectivity index (χ3n) is 7.06. The van der Waals surface area contributed by atoms with Crippen LogP contribution in [0, 0.1) is 17.8 Å². The quantitative estimate of drug-likeness (QED) is 0.152. The molecule has 14 nitrogen and oxygen atoms in total. The second-order valence-electron chi connectivity index (χ2n) is 10.5. The third kappa shape index (κ3) is 7.06. The standard InChI is InChI=1S/C25H38O14/c1-11(2)5-18(29)39-23-19-15(6-17(37-13(4)28)25(19,33)10-36-12(3)27)14(8-34-23)9-35-24-22(32)21(31)20(30)16(7-26)38-24/h8,11,15-17,19-24,26,30-33H,5-7,9-10H2,1-4H3/t15-,16+,17-,19-,20+,21-,22-,23-,24+,25+/m0/s1. The molecule has 0 spiro atoms. The van der Waals surface area contributed by atoms with Gasteiger partial charge < -0.3 is 54.0 Å². The molecule has 2 aliphatic heterocycles. The van der Waals surface area contributed by atoms with Crippen molar-refractivity contribution in [1.82, 2.24) is 0 Å². The van der Waals surface area contributed by atoms with Crippen LogP contribution in [0.2, 0.25) is 0 Å². The van der Waals surface area contributed by atoms with Crippen molar-refractivity contribution in [1.29, 1.82) is 0 Å². The Morgan fingerprint density at radius 1 is 1.05 bits per heavy atom. The summed E-state index contributed by atoms with van der Waals surface area (Å²) >= 11 is 0. The van der Waals surface area contributed by atoms with Gasteiger partial charge in [0.1, 0.15) is 42.7 Å². The summed E-state index contributed by atoms with van der Waals surface area (Å²) in [7, 11) is 0. The fourth-order valence-electron chi connectivity index (χ4n) is 5.17. The predicted molar refractivity (Wildman–Crippen MR) is 127 cm³/mol. The lowest BCUT2D eigenvalue weighted by molar-refractivity contribution is -0.299. The van der Waals surface area contributed by atoms with Gasteiger partial charge in [-0.25, -0.2) is 0 Å². The SMILES string of the molecule is CC(=O)OC[C@]1(O)[C@@H]2[C@H](OC(=O)CC(C)C)OC=C(CO[C@@H]3O[C@H](CO)[C@@H](O)[C@H](O)[C@@H]3O)[C@@H]2C[C@@H]1OC(C)=O. The van der Waals surface area contributed by atoms with Crippen molar-refractivity contribution in [2.75, 3.05) is 19.8 Å². The van der Waals surface area contributed by atoms with Gasteiger partial charge in [-0.1, -0.05) is 13.8 Å². The molecule has 1 saturated carbocycles. The van der Waals surface area contributed by atoms with Gasteiger partial charge >= 0.3 is 17.9 Å². The predicted octanol–water partition coefficient (Wildman–Crippen LogP) is -1.51. The molecule has 3 aliphatic rings. The molecule has 0 bridgehead atoms. The highest BCUT2D eigenvalue weighted by atomic mass is 16.7. The van der Waals surface area contributed by atoms with E-state index in [0.717, 1.165) is 13.8 Å². The third-order valence-corrected chi connectivity index (χ3v) is 7.06. The molecular formula is C25H38O14. The highest BCUT2D eigenvalue weighted by Gasteiger charge is 2.63. The first-order valence-corrected chi connectivity index (χ1v) is 12.8. The fraction of sp³-hybridized carbons (Fsp3) is 0.800. The van der Waals surface area contributed by atoms with Crippen molar-refractivity contribution >= 4 is 17.9 Å². The van der Waals surface area contributed by atoms with Gasteiger partial charge in [-0.05, 0) is 17.9 Å². The van der Waals surface area contributed by atoms with Crippen molar-refractivity contribution < 1.29 is 68.3 Å². The van der Waals surface area contributed by atoms with Crippen LogP contribution in [0.25, 0.3) is 0 Å². The van der Waals surface area contributed by atoms with E-state index in [2.05, 4.69) is 0 Å². The Labute approximate surface area is 225 Å². The van der Waals surface area contributed by atoms with Crippen molar-refractivity contribution in [3.8, 4) is 0 Å². The lowest BCUT2D eigenvalue weighted by Crippen LogP contribution is -2.59. The lowest BCUT2D eigenvalue weighted by atomic mass is 9.80. The van der Waals surface area contributed by atoms with Gasteiger partial charge in [0.05, 0.1) is 25.4 Å². The van der Waals surface area contributed by atoms with E-state index >= 15 is 0 Å². The first-order chi connectivity index (χ1) is 18.3. The van der Waals surface area contributed by atoms with Crippen LogP contribution in [0.15, 0.2) is 11.8 Å². The second kappa shape index (κ2) is 12.9. The zero-order valence-corrected chi connectivity index (χ0v) is 22.3. The largest absolute Gasteiger partial charge is 0.463 e. The number of rotatable bonds is 10. The molecule has 0 unspecified atom stereocenters. The number of carbonyl (C=O) groups is 3. The first kappa shape index (κ1) is 31.2. The van der Waals surface area contributed by atoms with Crippen molar-refractivity contribution in [3.05, 3.63) is 11.8 Å². The lowest BCUT2D eigenvalue weighted by Gasteiger charge is -2.41. The summed E-state index contributed by atoms with van der Waals surface area (Å²) in [6.45, 7) is 4.44. The Bertz CT molecular complexity index is 918. The van der Waals surface area contributed by atoms with Gasteiger partial charge in [-0.3, -0.25) is 14.4 Å². The first-order valence-electron chi connectivity index (χ1n) is 12.8. The van der Waals surface area contributed by atoms with E-state index in [4.69, 9.17) is 28.4 Å². The fourth-order valence-corrected chi connectivity index (χ4v) is 5.17. The monoisotopic (exact) mass is 562 g/mol. The number of aliphatic hydroxyl groups is 5. The molecule has 39 heavy (non-hydrogen) atoms. The van der Waals surface area contributed by atoms with Crippen LogP contribution in [-0.4, -0.2) is 112 Å². The molecule has 0 amide bonds. The molecule has 2 fully saturated rings. The average molecular weight is 563 g/mol. The van der Waals surface area contributed by atoms with Crippen LogP contribution in [0.3, 0.4) is 0 Å². The number of carbonyl (C=O) groups excluding carboxylic acids is 3. The van der Waals surface area contributed by atoms with Gasteiger partial charge in [0, 0.05) is 26.2 Å². The minimum absolute atomic E-state index is 0.0211. The van der Waals surface area contributed by atoms with Crippen molar-refractivity contribution in [2.45, 2.75) is 89.2 Å². The maximum absolute atomic E-state index is 12.5. The normalized spacial score (nSPS) is 37.9. The number of fused-ring (bicyclic) bond motifs is 1. The van der Waals surface area contributed by atoms with E-state index in [1.54, 1.807) is 0 Å². The van der Waals surface area contributed by atoms with Crippen molar-refractivity contribution in [2.24, 2.45) is 17.8 Å². The number of hydrogen-bond donors (Lipinski definition) is 5. The molecule has 222 valence electrons. The highest BCUT2D eigenvalue weighted by molar-refractivity contribution is 5.70. The van der Waals surface area contributed by atoms with E-state index in [0.29, 0.717) is 5.57 Å². The summed E-state index contributed by atoms with van der Waals surface area (Å²) in [5.41, 5.74) is -1.61. The van der Waals surface area contributed by atoms with Gasteiger partial charge in [0.15, 0.2) is 6.29 Å². The van der Waals surface area contributed by atoms with E-state index in [1.165, 1.54) is 6.26 Å². The number of esters is 3. The Morgan fingerprint density at radius 3 is 2.33 bits per heavy atom. The van der Waals surface area contributed by atoms with E-state index < -0.39 is 91.7 Å². The molecule has 10 atom stereocenters. The molecule has 0 radical (unpaired) electrons. The minimum atomic E-state index is -2.01. The second-order valence-corrected chi connectivity index (χ2v) is 10.5. The smallest absolute Gasteiger partial charge is 0.309 e. The van der Waals surface area contributed by atoms with Crippen LogP contribution in [0.4, 0.5) is 0 Å². The zero-order chi connectivity index (χ0) is 29.1. The molecule has 1 saturated heterocycles. The van der Waals surface area contributed by atoms with Crippen LogP contribution in [0.5, 0.6) is 0 Å². The molecule has 14 heteroatoms. The molecule has 5 N–H and O–H groups in total. The molecular weight excluding hydrogens is 524 g/mol. The maximum atomic E-state index is 12.5. The molecule has 2 heterocycles. The summed E-state index contributed by atoms with van der Waals surface area (Å²) in [5, 5.41) is 51.5. The average Bonchev–Trinajstić information content (AvgIpc) is 3.13. The Hall–Kier alpha value is -2.33.